The molecule has 3 saturated heterocycles. The van der Waals surface area contributed by atoms with Crippen molar-refractivity contribution in [2.24, 2.45) is 5.73 Å². The summed E-state index contributed by atoms with van der Waals surface area (Å²) in [5, 5.41) is 14.0. The van der Waals surface area contributed by atoms with E-state index in [2.05, 4.69) is 10.2 Å². The van der Waals surface area contributed by atoms with Crippen molar-refractivity contribution in [3.63, 3.8) is 0 Å². The second-order valence-corrected chi connectivity index (χ2v) is 17.5. The van der Waals surface area contributed by atoms with Crippen LogP contribution in [-0.2, 0) is 37.3 Å². The van der Waals surface area contributed by atoms with E-state index in [-0.39, 0.29) is 61.6 Å². The van der Waals surface area contributed by atoms with E-state index in [1.807, 2.05) is 28.7 Å². The van der Waals surface area contributed by atoms with Gasteiger partial charge < -0.3 is 30.5 Å². The average molecular weight is 982 g/mol. The van der Waals surface area contributed by atoms with Crippen molar-refractivity contribution in [3.05, 3.63) is 114 Å². The van der Waals surface area contributed by atoms with Gasteiger partial charge >= 0.3 is 12.1 Å². The van der Waals surface area contributed by atoms with Crippen LogP contribution >= 0.6 is 22.6 Å². The van der Waals surface area contributed by atoms with Crippen LogP contribution in [0.1, 0.15) is 65.6 Å². The lowest BCUT2D eigenvalue weighted by Gasteiger charge is -2.37. The minimum Gasteiger partial charge on any atom is -0.507 e. The van der Waals surface area contributed by atoms with Gasteiger partial charge in [0.2, 0.25) is 5.91 Å². The number of pyridine rings is 1. The molecule has 0 saturated carbocycles. The molecular formula is C44H46F6IN5O6. The zero-order chi connectivity index (χ0) is 44.8. The maximum absolute atomic E-state index is 16.6. The first kappa shape index (κ1) is 45.4. The highest BCUT2D eigenvalue weighted by Gasteiger charge is 2.42. The second-order valence-electron chi connectivity index (χ2n) is 16.2. The summed E-state index contributed by atoms with van der Waals surface area (Å²) in [4.78, 5) is 45.6. The Morgan fingerprint density at radius 2 is 1.71 bits per heavy atom. The number of phenolic OH excluding ortho intramolecular Hbond substituents is 1. The number of nitrogens with zero attached hydrogens (tertiary/aromatic N) is 3. The predicted molar refractivity (Wildman–Crippen MR) is 226 cm³/mol. The van der Waals surface area contributed by atoms with E-state index in [1.165, 1.54) is 38.1 Å². The van der Waals surface area contributed by atoms with Crippen molar-refractivity contribution in [1.82, 2.24) is 14.8 Å². The zero-order valence-electron chi connectivity index (χ0n) is 34.1. The molecule has 332 valence electrons. The van der Waals surface area contributed by atoms with Gasteiger partial charge in [0.25, 0.3) is 5.56 Å². The lowest BCUT2D eigenvalue weighted by molar-refractivity contribution is -0.145. The van der Waals surface area contributed by atoms with Crippen LogP contribution in [0.5, 0.6) is 5.75 Å². The van der Waals surface area contributed by atoms with Crippen molar-refractivity contribution >= 4 is 40.2 Å². The Labute approximate surface area is 367 Å². The van der Waals surface area contributed by atoms with Gasteiger partial charge in [0.05, 0.1) is 43.9 Å². The van der Waals surface area contributed by atoms with E-state index < -0.39 is 81.8 Å². The molecule has 4 aromatic rings. The van der Waals surface area contributed by atoms with Crippen LogP contribution in [0.25, 0.3) is 11.1 Å². The number of benzene rings is 3. The fourth-order valence-corrected chi connectivity index (χ4v) is 9.38. The van der Waals surface area contributed by atoms with E-state index in [0.29, 0.717) is 38.5 Å². The number of nitrogens with one attached hydrogen (secondary N) is 1. The number of esters is 1. The number of anilines is 1. The Kier molecular flexibility index (Phi) is 13.1. The van der Waals surface area contributed by atoms with Crippen LogP contribution in [-0.4, -0.2) is 84.2 Å². The van der Waals surface area contributed by atoms with E-state index in [1.54, 1.807) is 17.9 Å². The number of phenols is 1. The number of hydrogen-bond donors (Lipinski definition) is 3. The number of amides is 1. The highest BCUT2D eigenvalue weighted by atomic mass is 127. The maximum Gasteiger partial charge on any atom is 0.416 e. The zero-order valence-corrected chi connectivity index (χ0v) is 36.3. The van der Waals surface area contributed by atoms with Crippen LogP contribution in [0.4, 0.5) is 32.0 Å². The maximum atomic E-state index is 16.6. The fourth-order valence-electron chi connectivity index (χ4n) is 8.86. The summed E-state index contributed by atoms with van der Waals surface area (Å²) >= 11 is 1.83. The largest absolute Gasteiger partial charge is 0.507 e. The summed E-state index contributed by atoms with van der Waals surface area (Å²) in [7, 11) is 0. The van der Waals surface area contributed by atoms with Gasteiger partial charge in [-0.05, 0) is 121 Å². The van der Waals surface area contributed by atoms with Crippen LogP contribution < -0.4 is 21.5 Å². The standard InChI is InChI=1S/C44H46F6IN5O6/c1-4-62-38(59)17-43(52,34-13-26(11-24(3)40(34)47)39-23(2)12-31(15-36(39)57)56-29-6-7-30(56)22-61-21-29)53-42(60)41(32-14-28(51)5-8-35(32)46)55-18-25(9-10-54-19-27(45)20-54)33(16-37(55)58)44(48,49)50/h5,8,11-16,18,27,29-30,41,57H,4,6-7,9-10,17,19-22,52H2,1-3H3,(H,53,60)/t29?,30?,41?,43-/m1/s1. The van der Waals surface area contributed by atoms with Gasteiger partial charge in [-0.2, -0.15) is 13.2 Å². The number of fused-ring (bicyclic) bond motifs is 2. The number of carbonyl (C=O) groups excluding carboxylic acids is 2. The second kappa shape index (κ2) is 17.8. The van der Waals surface area contributed by atoms with Gasteiger partial charge in [-0.25, -0.2) is 13.2 Å². The number of carbonyl (C=O) groups is 2. The van der Waals surface area contributed by atoms with Gasteiger partial charge in [-0.3, -0.25) is 23.9 Å². The molecule has 1 aromatic heterocycles. The molecule has 62 heavy (non-hydrogen) atoms. The third-order valence-corrected chi connectivity index (χ3v) is 12.5. The first-order valence-electron chi connectivity index (χ1n) is 20.2. The number of nitrogens with two attached hydrogens (primary N) is 1. The molecule has 4 N–H and O–H groups in total. The summed E-state index contributed by atoms with van der Waals surface area (Å²) in [5.74, 6) is -4.35. The van der Waals surface area contributed by atoms with Gasteiger partial charge in [0.15, 0.2) is 0 Å². The molecule has 1 amide bonds. The number of ether oxygens (including phenoxy) is 2. The van der Waals surface area contributed by atoms with Crippen LogP contribution in [0.3, 0.4) is 0 Å². The average Bonchev–Trinajstić information content (AvgIpc) is 3.43. The summed E-state index contributed by atoms with van der Waals surface area (Å²) < 4.78 is 101. The Balaban J connectivity index is 1.33. The third-order valence-electron chi connectivity index (χ3n) is 11.8. The predicted octanol–water partition coefficient (Wildman–Crippen LogP) is 6.77. The number of aromatic hydroxyl groups is 1. The summed E-state index contributed by atoms with van der Waals surface area (Å²) in [6, 6.07) is 8.38. The van der Waals surface area contributed by atoms with Gasteiger partial charge in [0, 0.05) is 63.9 Å². The molecular weight excluding hydrogens is 935 g/mol. The quantitative estimate of drug-likeness (QED) is 0.0574. The van der Waals surface area contributed by atoms with Gasteiger partial charge in [-0.15, -0.1) is 0 Å². The Hall–Kier alpha value is -4.66. The molecule has 3 aliphatic heterocycles. The number of alkyl halides is 4. The van der Waals surface area contributed by atoms with E-state index in [4.69, 9.17) is 15.2 Å². The monoisotopic (exact) mass is 981 g/mol. The van der Waals surface area contributed by atoms with Gasteiger partial charge in [-0.1, -0.05) is 0 Å². The molecule has 4 atom stereocenters. The molecule has 18 heteroatoms. The van der Waals surface area contributed by atoms with Crippen LogP contribution in [0, 0.1) is 29.1 Å². The van der Waals surface area contributed by atoms with E-state index in [0.717, 1.165) is 30.8 Å². The highest BCUT2D eigenvalue weighted by Crippen LogP contribution is 2.43. The third kappa shape index (κ3) is 9.19. The minimum absolute atomic E-state index is 0.00428. The molecule has 0 spiro atoms. The number of morpholine rings is 1. The number of halogens is 7. The molecule has 3 unspecified atom stereocenters. The van der Waals surface area contributed by atoms with E-state index >= 15 is 8.78 Å². The molecule has 11 nitrogen and oxygen atoms in total. The van der Waals surface area contributed by atoms with Crippen LogP contribution in [0.15, 0.2) is 59.5 Å². The molecule has 3 aromatic carbocycles. The number of rotatable bonds is 13. The molecule has 3 aliphatic rings. The Morgan fingerprint density at radius 3 is 2.34 bits per heavy atom. The molecule has 2 bridgehead atoms. The topological polar surface area (TPSA) is 139 Å². The molecule has 4 heterocycles. The lowest BCUT2D eigenvalue weighted by atomic mass is 9.88. The van der Waals surface area contributed by atoms with Gasteiger partial charge in [0.1, 0.15) is 35.3 Å². The van der Waals surface area contributed by atoms with E-state index in [9.17, 15) is 37.1 Å². The summed E-state index contributed by atoms with van der Waals surface area (Å²) in [6.07, 6.45) is -4.66. The van der Waals surface area contributed by atoms with Crippen molar-refractivity contribution < 1.29 is 50.5 Å². The number of hydrogen-bond acceptors (Lipinski definition) is 9. The SMILES string of the molecule is CCOC(=O)C[C@@](N)(NC(=O)C(c1cc(I)ccc1F)n1cc(CCN2CC(F)C2)c(C(F)(F)F)cc1=O)c1cc(-c2c(C)cc(N3C4CCC3COC4)cc2O)cc(C)c1F. The fraction of sp³-hybridized carbons (Fsp3) is 0.432. The first-order chi connectivity index (χ1) is 29.3. The van der Waals surface area contributed by atoms with Crippen molar-refractivity contribution in [3.8, 4) is 16.9 Å². The highest BCUT2D eigenvalue weighted by molar-refractivity contribution is 14.1. The van der Waals surface area contributed by atoms with Crippen molar-refractivity contribution in [2.75, 3.05) is 44.4 Å². The number of aromatic nitrogens is 1. The first-order valence-corrected chi connectivity index (χ1v) is 21.3. The number of aryl methyl sites for hydroxylation is 2. The number of likely N-dealkylation sites (tertiary alicyclic amines) is 1. The minimum atomic E-state index is -5.00. The molecule has 3 fully saturated rings. The van der Waals surface area contributed by atoms with Crippen molar-refractivity contribution in [1.29, 1.82) is 0 Å². The summed E-state index contributed by atoms with van der Waals surface area (Å²) in [6.45, 7) is 5.69. The Morgan fingerprint density at radius 1 is 1.02 bits per heavy atom. The van der Waals surface area contributed by atoms with Crippen LogP contribution in [0.2, 0.25) is 0 Å². The molecule has 0 aliphatic carbocycles. The lowest BCUT2D eigenvalue weighted by Crippen LogP contribution is -2.57. The van der Waals surface area contributed by atoms with Crippen molar-refractivity contribution in [2.45, 2.75) is 82.6 Å². The summed E-state index contributed by atoms with van der Waals surface area (Å²) in [5.41, 5.74) is 2.47. The smallest absolute Gasteiger partial charge is 0.416 e. The Bertz CT molecular complexity index is 2410. The molecule has 0 radical (unpaired) electrons. The normalized spacial score (nSPS) is 19.5. The molecule has 7 rings (SSSR count).